The lowest BCUT2D eigenvalue weighted by Gasteiger charge is -2.11. The van der Waals surface area contributed by atoms with Crippen LogP contribution in [-0.2, 0) is 20.0 Å². The van der Waals surface area contributed by atoms with Gasteiger partial charge in [0.1, 0.15) is 17.3 Å². The molecular formula is C22H18F3N5O5S2. The minimum Gasteiger partial charge on any atom is -0.287 e. The molecule has 0 saturated heterocycles. The molecule has 0 aliphatic rings. The molecule has 4 N–H and O–H groups in total. The van der Waals surface area contributed by atoms with Gasteiger partial charge in [-0.1, -0.05) is 13.0 Å². The standard InChI is InChI=1S/C22H18F3N5O5S2/c1-2-7-36(32,33)30-17-6-5-15(23)18(19(17)25)21(31)20-14-8-11(10-27-22(14)29-28-20)13-4-3-12(9-16(13)24)37(26,34)35/h3-6,8-10,30H,2,7H2,1H3,(H2,26,34,35)(H,27,28,29). The molecule has 37 heavy (non-hydrogen) atoms. The number of H-pyrrole nitrogens is 1. The van der Waals surface area contributed by atoms with Gasteiger partial charge in [-0.15, -0.1) is 0 Å². The molecule has 0 saturated carbocycles. The van der Waals surface area contributed by atoms with Crippen LogP contribution in [0, 0.1) is 17.5 Å². The number of carbonyl (C=O) groups is 1. The molecule has 0 aliphatic heterocycles. The van der Waals surface area contributed by atoms with Gasteiger partial charge in [-0.3, -0.25) is 14.6 Å². The molecule has 0 unspecified atom stereocenters. The second-order valence-electron chi connectivity index (χ2n) is 7.91. The highest BCUT2D eigenvalue weighted by Gasteiger charge is 2.27. The number of ketones is 1. The first-order valence-corrected chi connectivity index (χ1v) is 13.7. The summed E-state index contributed by atoms with van der Waals surface area (Å²) in [4.78, 5) is 16.7. The van der Waals surface area contributed by atoms with Gasteiger partial charge in [0.05, 0.1) is 27.3 Å². The van der Waals surface area contributed by atoms with Gasteiger partial charge in [-0.2, -0.15) is 5.10 Å². The van der Waals surface area contributed by atoms with E-state index in [0.717, 1.165) is 24.3 Å². The number of primary sulfonamides is 1. The molecule has 0 spiro atoms. The Balaban J connectivity index is 1.79. The monoisotopic (exact) mass is 553 g/mol. The van der Waals surface area contributed by atoms with Crippen LogP contribution in [0.3, 0.4) is 0 Å². The van der Waals surface area contributed by atoms with Gasteiger partial charge in [0.15, 0.2) is 11.5 Å². The summed E-state index contributed by atoms with van der Waals surface area (Å²) in [6, 6.07) is 5.80. The number of fused-ring (bicyclic) bond motifs is 1. The van der Waals surface area contributed by atoms with Crippen LogP contribution in [0.1, 0.15) is 29.4 Å². The van der Waals surface area contributed by atoms with E-state index in [-0.39, 0.29) is 34.3 Å². The highest BCUT2D eigenvalue weighted by Crippen LogP contribution is 2.30. The first kappa shape index (κ1) is 26.2. The summed E-state index contributed by atoms with van der Waals surface area (Å²) in [6.07, 6.45) is 1.46. The minimum absolute atomic E-state index is 0.0202. The van der Waals surface area contributed by atoms with Gasteiger partial charge in [0.25, 0.3) is 0 Å². The summed E-state index contributed by atoms with van der Waals surface area (Å²) in [7, 11) is -8.09. The van der Waals surface area contributed by atoms with Gasteiger partial charge in [0, 0.05) is 17.3 Å². The second kappa shape index (κ2) is 9.57. The van der Waals surface area contributed by atoms with E-state index in [1.807, 2.05) is 4.72 Å². The number of nitrogens with two attached hydrogens (primary N) is 1. The maximum absolute atomic E-state index is 15.1. The fourth-order valence-corrected chi connectivity index (χ4v) is 5.23. The van der Waals surface area contributed by atoms with Crippen LogP contribution in [0.25, 0.3) is 22.2 Å². The van der Waals surface area contributed by atoms with Gasteiger partial charge in [-0.05, 0) is 36.8 Å². The van der Waals surface area contributed by atoms with E-state index in [1.54, 1.807) is 6.92 Å². The smallest absolute Gasteiger partial charge is 0.238 e. The number of rotatable bonds is 8. The number of aromatic amines is 1. The Labute approximate surface area is 208 Å². The number of nitrogens with one attached hydrogen (secondary N) is 2. The van der Waals surface area contributed by atoms with E-state index in [9.17, 15) is 30.4 Å². The maximum Gasteiger partial charge on any atom is 0.238 e. The van der Waals surface area contributed by atoms with E-state index in [2.05, 4.69) is 15.2 Å². The van der Waals surface area contributed by atoms with Crippen LogP contribution in [0.15, 0.2) is 47.5 Å². The van der Waals surface area contributed by atoms with Crippen LogP contribution < -0.4 is 9.86 Å². The predicted octanol–water partition coefficient (Wildman–Crippen LogP) is 3.07. The van der Waals surface area contributed by atoms with Crippen molar-refractivity contribution in [3.63, 3.8) is 0 Å². The molecule has 4 aromatic rings. The number of pyridine rings is 1. The largest absolute Gasteiger partial charge is 0.287 e. The number of sulfonamides is 2. The summed E-state index contributed by atoms with van der Waals surface area (Å²) in [6.45, 7) is 1.60. The average molecular weight is 554 g/mol. The topological polar surface area (TPSA) is 165 Å². The molecule has 10 nitrogen and oxygen atoms in total. The number of hydrogen-bond acceptors (Lipinski definition) is 7. The number of halogens is 3. The SMILES string of the molecule is CCCS(=O)(=O)Nc1ccc(F)c(C(=O)c2n[nH]c3ncc(-c4ccc(S(N)(=O)=O)cc4F)cc23)c1F. The van der Waals surface area contributed by atoms with Crippen LogP contribution in [-0.4, -0.2) is 43.6 Å². The van der Waals surface area contributed by atoms with Crippen molar-refractivity contribution in [2.75, 3.05) is 10.5 Å². The van der Waals surface area contributed by atoms with E-state index in [0.29, 0.717) is 6.07 Å². The Morgan fingerprint density at radius 3 is 2.43 bits per heavy atom. The molecule has 0 bridgehead atoms. The zero-order chi connectivity index (χ0) is 27.1. The minimum atomic E-state index is -4.15. The number of nitrogens with zero attached hydrogens (tertiary/aromatic N) is 2. The van der Waals surface area contributed by atoms with Crippen molar-refractivity contribution in [2.24, 2.45) is 5.14 Å². The van der Waals surface area contributed by atoms with Gasteiger partial charge < -0.3 is 0 Å². The lowest BCUT2D eigenvalue weighted by atomic mass is 10.0. The first-order chi connectivity index (χ1) is 17.3. The molecular weight excluding hydrogens is 535 g/mol. The molecule has 2 aromatic carbocycles. The third kappa shape index (κ3) is 5.19. The molecule has 2 heterocycles. The number of hydrogen-bond donors (Lipinski definition) is 3. The van der Waals surface area contributed by atoms with Crippen LogP contribution in [0.2, 0.25) is 0 Å². The molecule has 0 atom stereocenters. The Bertz CT molecular complexity index is 1770. The van der Waals surface area contributed by atoms with Crippen molar-refractivity contribution in [1.29, 1.82) is 0 Å². The predicted molar refractivity (Wildman–Crippen MR) is 128 cm³/mol. The number of carbonyl (C=O) groups excluding carboxylic acids is 1. The highest BCUT2D eigenvalue weighted by molar-refractivity contribution is 7.92. The molecule has 4 rings (SSSR count). The molecule has 194 valence electrons. The van der Waals surface area contributed by atoms with Crippen LogP contribution in [0.4, 0.5) is 18.9 Å². The van der Waals surface area contributed by atoms with E-state index in [4.69, 9.17) is 5.14 Å². The Morgan fingerprint density at radius 2 is 1.78 bits per heavy atom. The number of aromatic nitrogens is 3. The Hall–Kier alpha value is -3.82. The zero-order valence-electron chi connectivity index (χ0n) is 18.9. The Morgan fingerprint density at radius 1 is 1.05 bits per heavy atom. The molecule has 0 fully saturated rings. The fraction of sp³-hybridized carbons (Fsp3) is 0.136. The van der Waals surface area contributed by atoms with Crippen molar-refractivity contribution in [3.8, 4) is 11.1 Å². The second-order valence-corrected chi connectivity index (χ2v) is 11.3. The molecule has 15 heteroatoms. The molecule has 0 aliphatic carbocycles. The first-order valence-electron chi connectivity index (χ1n) is 10.5. The third-order valence-corrected chi connectivity index (χ3v) is 7.66. The van der Waals surface area contributed by atoms with Crippen molar-refractivity contribution >= 4 is 42.6 Å². The highest BCUT2D eigenvalue weighted by atomic mass is 32.2. The van der Waals surface area contributed by atoms with Crippen LogP contribution in [0.5, 0.6) is 0 Å². The lowest BCUT2D eigenvalue weighted by Crippen LogP contribution is -2.18. The summed E-state index contributed by atoms with van der Waals surface area (Å²) >= 11 is 0. The fourth-order valence-electron chi connectivity index (χ4n) is 3.58. The van der Waals surface area contributed by atoms with Crippen molar-refractivity contribution < 1.29 is 34.8 Å². The van der Waals surface area contributed by atoms with Crippen molar-refractivity contribution in [3.05, 3.63) is 71.3 Å². The third-order valence-electron chi connectivity index (χ3n) is 5.27. The van der Waals surface area contributed by atoms with Crippen LogP contribution >= 0.6 is 0 Å². The average Bonchev–Trinajstić information content (AvgIpc) is 3.23. The summed E-state index contributed by atoms with van der Waals surface area (Å²) < 4.78 is 93.4. The van der Waals surface area contributed by atoms with Crippen molar-refractivity contribution in [2.45, 2.75) is 18.2 Å². The van der Waals surface area contributed by atoms with E-state index < -0.39 is 65.1 Å². The summed E-state index contributed by atoms with van der Waals surface area (Å²) in [5.41, 5.74) is -2.09. The normalized spacial score (nSPS) is 12.1. The number of anilines is 1. The quantitative estimate of drug-likeness (QED) is 0.282. The maximum atomic E-state index is 15.1. The molecule has 0 radical (unpaired) electrons. The molecule has 2 aromatic heterocycles. The lowest BCUT2D eigenvalue weighted by molar-refractivity contribution is 0.102. The van der Waals surface area contributed by atoms with Gasteiger partial charge in [0.2, 0.25) is 25.8 Å². The zero-order valence-corrected chi connectivity index (χ0v) is 20.6. The number of benzene rings is 2. The molecule has 0 amide bonds. The van der Waals surface area contributed by atoms with Gasteiger partial charge >= 0.3 is 0 Å². The van der Waals surface area contributed by atoms with Crippen molar-refractivity contribution in [1.82, 2.24) is 15.2 Å². The van der Waals surface area contributed by atoms with E-state index in [1.165, 1.54) is 12.3 Å². The van der Waals surface area contributed by atoms with Gasteiger partial charge in [-0.25, -0.2) is 40.1 Å². The Kier molecular flexibility index (Phi) is 6.79. The summed E-state index contributed by atoms with van der Waals surface area (Å²) in [5.74, 6) is -5.18. The summed E-state index contributed by atoms with van der Waals surface area (Å²) in [5, 5.41) is 11.2. The van der Waals surface area contributed by atoms with E-state index >= 15 is 4.39 Å².